The molecule has 0 aromatic heterocycles. The van der Waals surface area contributed by atoms with Gasteiger partial charge >= 0.3 is 0 Å². The van der Waals surface area contributed by atoms with Crippen molar-refractivity contribution < 1.29 is 19.2 Å². The van der Waals surface area contributed by atoms with Crippen molar-refractivity contribution >= 4 is 46.6 Å². The van der Waals surface area contributed by atoms with E-state index in [9.17, 15) is 19.2 Å². The van der Waals surface area contributed by atoms with Gasteiger partial charge in [-0.1, -0.05) is 36.4 Å². The molecule has 5 rings (SSSR count). The first-order valence-electron chi connectivity index (χ1n) is 11.7. The number of nitrogens with one attached hydrogen (secondary N) is 3. The molecule has 0 radical (unpaired) electrons. The topological polar surface area (TPSA) is 108 Å². The van der Waals surface area contributed by atoms with Gasteiger partial charge in [-0.2, -0.15) is 0 Å². The highest BCUT2D eigenvalue weighted by atomic mass is 35.5. The Morgan fingerprint density at radius 2 is 1.94 bits per heavy atom. The van der Waals surface area contributed by atoms with Crippen LogP contribution in [0.25, 0.3) is 0 Å². The zero-order valence-electron chi connectivity index (χ0n) is 19.6. The molecule has 4 amide bonds. The molecule has 2 aliphatic heterocycles. The zero-order chi connectivity index (χ0) is 25.6. The third kappa shape index (κ3) is 4.64. The Morgan fingerprint density at radius 1 is 1.14 bits per heavy atom. The smallest absolute Gasteiger partial charge is 0.278 e. The predicted molar refractivity (Wildman–Crippen MR) is 136 cm³/mol. The van der Waals surface area contributed by atoms with Crippen molar-refractivity contribution in [2.75, 3.05) is 10.6 Å². The number of nitrogens with zero attached hydrogens (tertiary/aromatic N) is 1. The number of halogens is 1. The maximum atomic E-state index is 12.9. The van der Waals surface area contributed by atoms with E-state index in [0.29, 0.717) is 41.4 Å². The predicted octanol–water partition coefficient (Wildman–Crippen LogP) is 3.85. The number of allylic oxidation sites excluding steroid dienone is 1. The molecule has 1 unspecified atom stereocenters. The van der Waals surface area contributed by atoms with Crippen LogP contribution in [0.2, 0.25) is 5.02 Å². The molecule has 1 aliphatic carbocycles. The third-order valence-corrected chi connectivity index (χ3v) is 7.16. The van der Waals surface area contributed by atoms with E-state index in [-0.39, 0.29) is 23.4 Å². The van der Waals surface area contributed by atoms with E-state index in [1.165, 1.54) is 6.08 Å². The summed E-state index contributed by atoms with van der Waals surface area (Å²) in [6.45, 7) is 5.63. The first kappa shape index (κ1) is 23.8. The second-order valence-corrected chi connectivity index (χ2v) is 9.78. The lowest BCUT2D eigenvalue weighted by Crippen LogP contribution is -2.52. The first-order valence-corrected chi connectivity index (χ1v) is 12.1. The van der Waals surface area contributed by atoms with Crippen LogP contribution in [0, 0.1) is 12.8 Å². The summed E-state index contributed by atoms with van der Waals surface area (Å²) in [6, 6.07) is 12.0. The van der Waals surface area contributed by atoms with Crippen LogP contribution < -0.4 is 16.0 Å². The Morgan fingerprint density at radius 3 is 2.69 bits per heavy atom. The Labute approximate surface area is 213 Å². The fourth-order valence-corrected chi connectivity index (χ4v) is 4.82. The van der Waals surface area contributed by atoms with E-state index >= 15 is 0 Å². The molecule has 3 atom stereocenters. The first-order chi connectivity index (χ1) is 17.2. The van der Waals surface area contributed by atoms with Crippen molar-refractivity contribution in [1.29, 1.82) is 0 Å². The van der Waals surface area contributed by atoms with Gasteiger partial charge in [0.05, 0.1) is 0 Å². The van der Waals surface area contributed by atoms with Crippen LogP contribution >= 0.6 is 11.6 Å². The highest BCUT2D eigenvalue weighted by Crippen LogP contribution is 2.48. The molecule has 0 spiro atoms. The average molecular weight is 505 g/mol. The van der Waals surface area contributed by atoms with Gasteiger partial charge in [-0.15, -0.1) is 0 Å². The van der Waals surface area contributed by atoms with Crippen molar-refractivity contribution in [2.24, 2.45) is 5.92 Å². The van der Waals surface area contributed by atoms with E-state index in [2.05, 4.69) is 22.5 Å². The Kier molecular flexibility index (Phi) is 6.14. The quantitative estimate of drug-likeness (QED) is 0.518. The molecule has 2 fully saturated rings. The number of carbonyl (C=O) groups is 4. The SMILES string of the molecule is C=C1CCC(N2C(=O)C=C(Nc3cccc([C@@H]4C[C@H]4C(=O)Nc4ccc(C)c(Cl)c4)c3)C2=O)C(=O)N1. The maximum absolute atomic E-state index is 12.9. The van der Waals surface area contributed by atoms with Crippen LogP contribution in [0.15, 0.2) is 66.5 Å². The van der Waals surface area contributed by atoms with Crippen LogP contribution in [-0.2, 0) is 19.2 Å². The summed E-state index contributed by atoms with van der Waals surface area (Å²) in [5, 5.41) is 9.15. The van der Waals surface area contributed by atoms with Crippen LogP contribution in [0.3, 0.4) is 0 Å². The van der Waals surface area contributed by atoms with Crippen molar-refractivity contribution in [2.45, 2.75) is 38.1 Å². The standard InChI is InChI=1S/C27H25ClN4O4/c1-14-6-8-18(11-21(14)28)31-25(34)20-12-19(20)16-4-3-5-17(10-16)30-22-13-24(33)32(27(22)36)23-9-7-15(2)29-26(23)35/h3-6,8,10-11,13,19-20,23,30H,2,7,9,12H2,1H3,(H,29,35)(H,31,34)/t19-,20+,23?/m0/s1. The summed E-state index contributed by atoms with van der Waals surface area (Å²) >= 11 is 6.16. The van der Waals surface area contributed by atoms with Crippen LogP contribution in [0.1, 0.15) is 36.3 Å². The average Bonchev–Trinajstić information content (AvgIpc) is 3.59. The van der Waals surface area contributed by atoms with Gasteiger partial charge in [-0.3, -0.25) is 24.1 Å². The molecule has 3 aliphatic rings. The number of imide groups is 1. The van der Waals surface area contributed by atoms with E-state index < -0.39 is 23.8 Å². The number of rotatable bonds is 6. The van der Waals surface area contributed by atoms with Gasteiger partial charge in [0, 0.05) is 34.1 Å². The van der Waals surface area contributed by atoms with Crippen molar-refractivity contribution in [1.82, 2.24) is 10.2 Å². The summed E-state index contributed by atoms with van der Waals surface area (Å²) in [7, 11) is 0. The monoisotopic (exact) mass is 504 g/mol. The molecule has 36 heavy (non-hydrogen) atoms. The molecular weight excluding hydrogens is 480 g/mol. The Hall–Kier alpha value is -3.91. The minimum absolute atomic E-state index is 0.0538. The van der Waals surface area contributed by atoms with Gasteiger partial charge in [-0.05, 0) is 67.5 Å². The highest BCUT2D eigenvalue weighted by Gasteiger charge is 2.44. The molecule has 3 N–H and O–H groups in total. The van der Waals surface area contributed by atoms with E-state index in [1.54, 1.807) is 12.1 Å². The maximum Gasteiger partial charge on any atom is 0.278 e. The molecule has 2 aromatic carbocycles. The van der Waals surface area contributed by atoms with Crippen LogP contribution in [-0.4, -0.2) is 34.6 Å². The highest BCUT2D eigenvalue weighted by molar-refractivity contribution is 6.31. The molecule has 9 heteroatoms. The fraction of sp³-hybridized carbons (Fsp3) is 0.259. The van der Waals surface area contributed by atoms with Gasteiger partial charge < -0.3 is 16.0 Å². The molecule has 2 heterocycles. The van der Waals surface area contributed by atoms with Gasteiger partial charge in [0.1, 0.15) is 11.7 Å². The largest absolute Gasteiger partial charge is 0.351 e. The molecule has 0 bridgehead atoms. The molecular formula is C27H25ClN4O4. The zero-order valence-corrected chi connectivity index (χ0v) is 20.4. The number of anilines is 2. The lowest BCUT2D eigenvalue weighted by molar-refractivity contribution is -0.146. The minimum Gasteiger partial charge on any atom is -0.351 e. The summed E-state index contributed by atoms with van der Waals surface area (Å²) in [4.78, 5) is 51.5. The number of amides is 4. The summed E-state index contributed by atoms with van der Waals surface area (Å²) < 4.78 is 0. The number of aryl methyl sites for hydroxylation is 1. The molecule has 184 valence electrons. The second kappa shape index (κ2) is 9.28. The number of hydrogen-bond acceptors (Lipinski definition) is 5. The van der Waals surface area contributed by atoms with Crippen molar-refractivity contribution in [3.63, 3.8) is 0 Å². The van der Waals surface area contributed by atoms with Gasteiger partial charge in [-0.25, -0.2) is 0 Å². The number of carbonyl (C=O) groups excluding carboxylic acids is 4. The summed E-state index contributed by atoms with van der Waals surface area (Å²) in [5.74, 6) is -1.65. The molecule has 1 saturated heterocycles. The third-order valence-electron chi connectivity index (χ3n) is 6.75. The number of hydrogen-bond donors (Lipinski definition) is 3. The summed E-state index contributed by atoms with van der Waals surface area (Å²) in [5.41, 5.74) is 3.87. The van der Waals surface area contributed by atoms with Gasteiger partial charge in [0.2, 0.25) is 11.8 Å². The van der Waals surface area contributed by atoms with Crippen molar-refractivity contribution in [3.8, 4) is 0 Å². The molecule has 8 nitrogen and oxygen atoms in total. The van der Waals surface area contributed by atoms with Crippen molar-refractivity contribution in [3.05, 3.63) is 82.7 Å². The summed E-state index contributed by atoms with van der Waals surface area (Å²) in [6.07, 6.45) is 2.78. The lowest BCUT2D eigenvalue weighted by atomic mass is 10.0. The van der Waals surface area contributed by atoms with Gasteiger partial charge in [0.15, 0.2) is 0 Å². The number of piperidine rings is 1. The van der Waals surface area contributed by atoms with Crippen LogP contribution in [0.4, 0.5) is 11.4 Å². The lowest BCUT2D eigenvalue weighted by Gasteiger charge is -2.29. The Bertz CT molecular complexity index is 1350. The minimum atomic E-state index is -0.855. The number of benzene rings is 2. The van der Waals surface area contributed by atoms with E-state index in [1.807, 2.05) is 37.3 Å². The molecule has 1 saturated carbocycles. The fourth-order valence-electron chi connectivity index (χ4n) is 4.64. The molecule has 2 aromatic rings. The Balaban J connectivity index is 1.23. The second-order valence-electron chi connectivity index (χ2n) is 9.37. The normalized spacial score (nSPS) is 23.3. The van der Waals surface area contributed by atoms with E-state index in [0.717, 1.165) is 16.0 Å². The van der Waals surface area contributed by atoms with Crippen LogP contribution in [0.5, 0.6) is 0 Å². The van der Waals surface area contributed by atoms with E-state index in [4.69, 9.17) is 11.6 Å². The van der Waals surface area contributed by atoms with Gasteiger partial charge in [0.25, 0.3) is 11.8 Å².